The van der Waals surface area contributed by atoms with E-state index in [0.717, 1.165) is 17.0 Å². The molecule has 0 aliphatic heterocycles. The van der Waals surface area contributed by atoms with Gasteiger partial charge in [0.05, 0.1) is 11.6 Å². The van der Waals surface area contributed by atoms with Crippen LogP contribution in [-0.2, 0) is 6.54 Å². The van der Waals surface area contributed by atoms with Crippen molar-refractivity contribution in [3.8, 4) is 17.5 Å². The second-order valence-corrected chi connectivity index (χ2v) is 5.14. The molecule has 0 radical (unpaired) electrons. The topological polar surface area (TPSA) is 41.6 Å². The summed E-state index contributed by atoms with van der Waals surface area (Å²) in [4.78, 5) is 4.41. The number of imidazole rings is 1. The molecule has 0 unspecified atom stereocenters. The lowest BCUT2D eigenvalue weighted by molar-refractivity contribution is 0.807. The highest BCUT2D eigenvalue weighted by atomic mass is 35.5. The molecule has 0 bridgehead atoms. The third-order valence-corrected chi connectivity index (χ3v) is 3.44. The minimum atomic E-state index is 0.664. The Morgan fingerprint density at radius 3 is 2.81 bits per heavy atom. The van der Waals surface area contributed by atoms with Crippen molar-refractivity contribution in [3.63, 3.8) is 0 Å². The normalized spacial score (nSPS) is 10.3. The molecule has 1 aromatic heterocycles. The number of rotatable bonds is 3. The summed E-state index contributed by atoms with van der Waals surface area (Å²) in [6, 6.07) is 17.4. The van der Waals surface area contributed by atoms with Crippen LogP contribution in [0.1, 0.15) is 11.1 Å². The van der Waals surface area contributed by atoms with E-state index in [1.54, 1.807) is 12.3 Å². The molecular formula is C17H12ClN3. The van der Waals surface area contributed by atoms with Gasteiger partial charge in [0.1, 0.15) is 5.82 Å². The molecular weight excluding hydrogens is 282 g/mol. The van der Waals surface area contributed by atoms with Gasteiger partial charge in [-0.15, -0.1) is 0 Å². The van der Waals surface area contributed by atoms with E-state index in [-0.39, 0.29) is 0 Å². The molecule has 2 aromatic carbocycles. The van der Waals surface area contributed by atoms with Crippen molar-refractivity contribution in [3.05, 3.63) is 77.1 Å². The molecule has 0 saturated carbocycles. The number of nitriles is 1. The molecule has 3 nitrogen and oxygen atoms in total. The van der Waals surface area contributed by atoms with Gasteiger partial charge in [-0.05, 0) is 29.8 Å². The number of nitrogens with zero attached hydrogens (tertiary/aromatic N) is 3. The first-order valence-electron chi connectivity index (χ1n) is 6.52. The molecule has 0 aliphatic rings. The molecule has 0 N–H and O–H groups in total. The van der Waals surface area contributed by atoms with E-state index in [9.17, 15) is 0 Å². The second-order valence-electron chi connectivity index (χ2n) is 4.70. The van der Waals surface area contributed by atoms with Crippen LogP contribution in [-0.4, -0.2) is 9.55 Å². The van der Waals surface area contributed by atoms with Gasteiger partial charge in [-0.1, -0.05) is 35.9 Å². The van der Waals surface area contributed by atoms with Crippen molar-refractivity contribution in [2.75, 3.05) is 0 Å². The van der Waals surface area contributed by atoms with Crippen LogP contribution < -0.4 is 0 Å². The zero-order valence-corrected chi connectivity index (χ0v) is 12.0. The number of aromatic nitrogens is 2. The molecule has 0 atom stereocenters. The summed E-state index contributed by atoms with van der Waals surface area (Å²) < 4.78 is 2.04. The Hall–Kier alpha value is -2.57. The van der Waals surface area contributed by atoms with E-state index in [1.807, 2.05) is 53.2 Å². The molecule has 102 valence electrons. The highest BCUT2D eigenvalue weighted by molar-refractivity contribution is 6.30. The van der Waals surface area contributed by atoms with E-state index < -0.39 is 0 Å². The molecule has 0 aliphatic carbocycles. The largest absolute Gasteiger partial charge is 0.327 e. The number of halogens is 1. The van der Waals surface area contributed by atoms with Gasteiger partial charge in [-0.3, -0.25) is 0 Å². The third-order valence-electron chi connectivity index (χ3n) is 3.21. The fourth-order valence-corrected chi connectivity index (χ4v) is 2.45. The van der Waals surface area contributed by atoms with E-state index in [4.69, 9.17) is 16.9 Å². The lowest BCUT2D eigenvalue weighted by Gasteiger charge is -2.08. The van der Waals surface area contributed by atoms with E-state index in [2.05, 4.69) is 11.1 Å². The summed E-state index contributed by atoms with van der Waals surface area (Å²) in [6.07, 6.45) is 3.69. The van der Waals surface area contributed by atoms with Crippen molar-refractivity contribution in [2.24, 2.45) is 0 Å². The maximum atomic E-state index is 8.97. The van der Waals surface area contributed by atoms with Crippen LogP contribution in [0.25, 0.3) is 11.4 Å². The highest BCUT2D eigenvalue weighted by Crippen LogP contribution is 2.22. The molecule has 21 heavy (non-hydrogen) atoms. The van der Waals surface area contributed by atoms with Crippen LogP contribution in [0.2, 0.25) is 5.02 Å². The standard InChI is InChI=1S/C17H12ClN3/c18-16-6-2-5-15(10-16)17-20-7-8-21(17)12-14-4-1-3-13(9-14)11-19/h1-10H,12H2. The quantitative estimate of drug-likeness (QED) is 0.729. The molecule has 0 saturated heterocycles. The summed E-state index contributed by atoms with van der Waals surface area (Å²) in [6.45, 7) is 0.664. The van der Waals surface area contributed by atoms with Crippen LogP contribution in [0.5, 0.6) is 0 Å². The smallest absolute Gasteiger partial charge is 0.140 e. The van der Waals surface area contributed by atoms with Crippen LogP contribution in [0.15, 0.2) is 60.9 Å². The molecule has 1 heterocycles. The monoisotopic (exact) mass is 293 g/mol. The number of hydrogen-bond donors (Lipinski definition) is 0. The Balaban J connectivity index is 1.94. The Morgan fingerprint density at radius 2 is 2.00 bits per heavy atom. The van der Waals surface area contributed by atoms with Gasteiger partial charge in [-0.2, -0.15) is 5.26 Å². The number of benzene rings is 2. The number of hydrogen-bond acceptors (Lipinski definition) is 2. The summed E-state index contributed by atoms with van der Waals surface area (Å²) in [7, 11) is 0. The molecule has 3 rings (SSSR count). The van der Waals surface area contributed by atoms with Gasteiger partial charge in [0.2, 0.25) is 0 Å². The maximum Gasteiger partial charge on any atom is 0.140 e. The average Bonchev–Trinajstić information content (AvgIpc) is 2.95. The van der Waals surface area contributed by atoms with Crippen LogP contribution in [0.4, 0.5) is 0 Å². The maximum absolute atomic E-state index is 8.97. The SMILES string of the molecule is N#Cc1cccc(Cn2ccnc2-c2cccc(Cl)c2)c1. The second kappa shape index (κ2) is 5.82. The molecule has 3 aromatic rings. The van der Waals surface area contributed by atoms with Crippen molar-refractivity contribution in [1.82, 2.24) is 9.55 Å². The first-order valence-corrected chi connectivity index (χ1v) is 6.90. The average molecular weight is 294 g/mol. The minimum Gasteiger partial charge on any atom is -0.327 e. The highest BCUT2D eigenvalue weighted by Gasteiger charge is 2.07. The first kappa shape index (κ1) is 13.4. The van der Waals surface area contributed by atoms with E-state index in [1.165, 1.54) is 0 Å². The zero-order valence-electron chi connectivity index (χ0n) is 11.2. The lowest BCUT2D eigenvalue weighted by Crippen LogP contribution is -2.01. The van der Waals surface area contributed by atoms with Crippen LogP contribution >= 0.6 is 11.6 Å². The van der Waals surface area contributed by atoms with Crippen molar-refractivity contribution in [1.29, 1.82) is 5.26 Å². The van der Waals surface area contributed by atoms with Crippen molar-refractivity contribution < 1.29 is 0 Å². The predicted molar refractivity (Wildman–Crippen MR) is 82.9 cm³/mol. The lowest BCUT2D eigenvalue weighted by atomic mass is 10.1. The Kier molecular flexibility index (Phi) is 3.72. The third kappa shape index (κ3) is 2.96. The van der Waals surface area contributed by atoms with Crippen LogP contribution in [0.3, 0.4) is 0 Å². The predicted octanol–water partition coefficient (Wildman–Crippen LogP) is 4.12. The minimum absolute atomic E-state index is 0.664. The molecule has 0 spiro atoms. The Labute approximate surface area is 128 Å². The van der Waals surface area contributed by atoms with Crippen molar-refractivity contribution in [2.45, 2.75) is 6.54 Å². The van der Waals surface area contributed by atoms with Gasteiger partial charge in [0, 0.05) is 29.5 Å². The van der Waals surface area contributed by atoms with Gasteiger partial charge >= 0.3 is 0 Å². The molecule has 0 amide bonds. The van der Waals surface area contributed by atoms with Gasteiger partial charge in [-0.25, -0.2) is 4.98 Å². The summed E-state index contributed by atoms with van der Waals surface area (Å²) in [5.41, 5.74) is 2.70. The van der Waals surface area contributed by atoms with Gasteiger partial charge in [0.25, 0.3) is 0 Å². The van der Waals surface area contributed by atoms with Gasteiger partial charge < -0.3 is 4.57 Å². The summed E-state index contributed by atoms with van der Waals surface area (Å²) >= 11 is 6.04. The molecule has 4 heteroatoms. The van der Waals surface area contributed by atoms with Crippen LogP contribution in [0, 0.1) is 11.3 Å². The van der Waals surface area contributed by atoms with Gasteiger partial charge in [0.15, 0.2) is 0 Å². The van der Waals surface area contributed by atoms with E-state index >= 15 is 0 Å². The fourth-order valence-electron chi connectivity index (χ4n) is 2.26. The van der Waals surface area contributed by atoms with E-state index in [0.29, 0.717) is 17.1 Å². The Bertz CT molecular complexity index is 815. The summed E-state index contributed by atoms with van der Waals surface area (Å²) in [5, 5.41) is 9.66. The zero-order chi connectivity index (χ0) is 14.7. The first-order chi connectivity index (χ1) is 10.3. The summed E-state index contributed by atoms with van der Waals surface area (Å²) in [5.74, 6) is 0.861. The fraction of sp³-hybridized carbons (Fsp3) is 0.0588. The van der Waals surface area contributed by atoms with Crippen molar-refractivity contribution >= 4 is 11.6 Å². The Morgan fingerprint density at radius 1 is 1.14 bits per heavy atom. The molecule has 0 fully saturated rings.